The minimum atomic E-state index is -4.31. The lowest BCUT2D eigenvalue weighted by molar-refractivity contribution is -0.140. The van der Waals surface area contributed by atoms with Crippen molar-refractivity contribution in [2.75, 3.05) is 17.4 Å². The average molecular weight is 673 g/mol. The van der Waals surface area contributed by atoms with Crippen molar-refractivity contribution in [2.45, 2.75) is 37.2 Å². The Bertz CT molecular complexity index is 1690. The lowest BCUT2D eigenvalue weighted by Gasteiger charge is -2.34. The van der Waals surface area contributed by atoms with Crippen molar-refractivity contribution in [3.8, 4) is 0 Å². The summed E-state index contributed by atoms with van der Waals surface area (Å²) in [5.41, 5.74) is 1.46. The zero-order chi connectivity index (χ0) is 31.7. The first-order valence-corrected chi connectivity index (χ1v) is 16.6. The van der Waals surface area contributed by atoms with Gasteiger partial charge >= 0.3 is 0 Å². The molecule has 7 nitrogen and oxygen atoms in total. The van der Waals surface area contributed by atoms with E-state index in [4.69, 9.17) is 34.8 Å². The van der Waals surface area contributed by atoms with Gasteiger partial charge in [0.25, 0.3) is 10.0 Å². The van der Waals surface area contributed by atoms with Gasteiger partial charge in [-0.25, -0.2) is 8.42 Å². The van der Waals surface area contributed by atoms with E-state index < -0.39 is 28.5 Å². The van der Waals surface area contributed by atoms with Gasteiger partial charge in [0.1, 0.15) is 12.6 Å². The second kappa shape index (κ2) is 15.4. The lowest BCUT2D eigenvalue weighted by atomic mass is 10.0. The Morgan fingerprint density at radius 3 is 2.11 bits per heavy atom. The van der Waals surface area contributed by atoms with Gasteiger partial charge in [-0.3, -0.25) is 13.9 Å². The van der Waals surface area contributed by atoms with E-state index in [2.05, 4.69) is 5.32 Å². The number of hydrogen-bond donors (Lipinski definition) is 1. The van der Waals surface area contributed by atoms with Crippen LogP contribution in [0.4, 0.5) is 5.69 Å². The van der Waals surface area contributed by atoms with Crippen molar-refractivity contribution in [3.63, 3.8) is 0 Å². The van der Waals surface area contributed by atoms with Crippen LogP contribution < -0.4 is 9.62 Å². The fourth-order valence-electron chi connectivity index (χ4n) is 4.64. The Morgan fingerprint density at radius 2 is 1.45 bits per heavy atom. The predicted octanol–water partition coefficient (Wildman–Crippen LogP) is 7.01. The molecule has 1 atom stereocenters. The third-order valence-corrected chi connectivity index (χ3v) is 9.60. The van der Waals surface area contributed by atoms with Crippen molar-refractivity contribution in [3.05, 3.63) is 129 Å². The number of amides is 2. The number of benzene rings is 4. The maximum absolute atomic E-state index is 14.4. The van der Waals surface area contributed by atoms with Gasteiger partial charge in [-0.1, -0.05) is 108 Å². The predicted molar refractivity (Wildman–Crippen MR) is 177 cm³/mol. The van der Waals surface area contributed by atoms with E-state index in [1.54, 1.807) is 42.5 Å². The first-order valence-electron chi connectivity index (χ1n) is 14.0. The molecule has 11 heteroatoms. The topological polar surface area (TPSA) is 86.8 Å². The Kier molecular flexibility index (Phi) is 11.7. The summed E-state index contributed by atoms with van der Waals surface area (Å²) < 4.78 is 29.0. The van der Waals surface area contributed by atoms with E-state index in [1.165, 1.54) is 35.2 Å². The molecule has 4 aromatic rings. The highest BCUT2D eigenvalue weighted by Gasteiger charge is 2.35. The lowest BCUT2D eigenvalue weighted by Crippen LogP contribution is -2.53. The molecule has 0 aromatic heterocycles. The van der Waals surface area contributed by atoms with Gasteiger partial charge in [0, 0.05) is 29.6 Å². The highest BCUT2D eigenvalue weighted by atomic mass is 35.5. The Morgan fingerprint density at radius 1 is 0.818 bits per heavy atom. The Hall–Kier alpha value is -3.56. The summed E-state index contributed by atoms with van der Waals surface area (Å²) in [7, 11) is -4.31. The molecule has 4 aromatic carbocycles. The van der Waals surface area contributed by atoms with Gasteiger partial charge in [0.15, 0.2) is 0 Å². The second-order valence-corrected chi connectivity index (χ2v) is 13.1. The molecule has 0 saturated heterocycles. The van der Waals surface area contributed by atoms with E-state index in [0.717, 1.165) is 9.87 Å². The highest BCUT2D eigenvalue weighted by molar-refractivity contribution is 7.92. The van der Waals surface area contributed by atoms with Crippen molar-refractivity contribution in [1.82, 2.24) is 10.2 Å². The smallest absolute Gasteiger partial charge is 0.264 e. The van der Waals surface area contributed by atoms with Gasteiger partial charge < -0.3 is 10.2 Å². The summed E-state index contributed by atoms with van der Waals surface area (Å²) in [6, 6.07) is 27.5. The zero-order valence-electron chi connectivity index (χ0n) is 24.0. The molecule has 0 spiro atoms. The van der Waals surface area contributed by atoms with Crippen LogP contribution in [-0.4, -0.2) is 44.3 Å². The molecular formula is C33H32Cl3N3O4S. The van der Waals surface area contributed by atoms with Crippen molar-refractivity contribution >= 4 is 62.3 Å². The molecule has 4 rings (SSSR count). The summed E-state index contributed by atoms with van der Waals surface area (Å²) in [6.07, 6.45) is 0.883. The van der Waals surface area contributed by atoms with Gasteiger partial charge in [-0.2, -0.15) is 0 Å². The quantitative estimate of drug-likeness (QED) is 0.166. The zero-order valence-corrected chi connectivity index (χ0v) is 27.1. The number of nitrogens with zero attached hydrogens (tertiary/aromatic N) is 2. The van der Waals surface area contributed by atoms with Gasteiger partial charge in [-0.05, 0) is 53.9 Å². The monoisotopic (exact) mass is 671 g/mol. The fraction of sp³-hybridized carbons (Fsp3) is 0.212. The maximum atomic E-state index is 14.4. The summed E-state index contributed by atoms with van der Waals surface area (Å²) in [4.78, 5) is 29.5. The average Bonchev–Trinajstić information content (AvgIpc) is 3.03. The molecule has 0 saturated carbocycles. The molecule has 0 aliphatic carbocycles. The molecule has 2 amide bonds. The van der Waals surface area contributed by atoms with E-state index in [-0.39, 0.29) is 39.5 Å². The SMILES string of the molecule is CCCNC(=O)[C@H](Cc1ccccc1)N(Cc1ccccc1Cl)C(=O)CN(c1cc(Cl)ccc1Cl)S(=O)(=O)c1ccccc1. The number of sulfonamides is 1. The molecule has 0 bridgehead atoms. The van der Waals surface area contributed by atoms with Gasteiger partial charge in [-0.15, -0.1) is 0 Å². The minimum absolute atomic E-state index is 0.0316. The largest absolute Gasteiger partial charge is 0.354 e. The summed E-state index contributed by atoms with van der Waals surface area (Å²) in [5.74, 6) is -0.998. The van der Waals surface area contributed by atoms with Crippen LogP contribution in [0, 0.1) is 0 Å². The Balaban J connectivity index is 1.83. The van der Waals surface area contributed by atoms with Crippen LogP contribution in [-0.2, 0) is 32.6 Å². The minimum Gasteiger partial charge on any atom is -0.354 e. The molecule has 0 aliphatic rings. The first-order chi connectivity index (χ1) is 21.1. The number of rotatable bonds is 13. The van der Waals surface area contributed by atoms with Crippen LogP contribution in [0.5, 0.6) is 0 Å². The molecule has 0 heterocycles. The van der Waals surface area contributed by atoms with E-state index in [1.807, 2.05) is 37.3 Å². The van der Waals surface area contributed by atoms with Crippen molar-refractivity contribution < 1.29 is 18.0 Å². The molecule has 0 unspecified atom stereocenters. The van der Waals surface area contributed by atoms with Crippen molar-refractivity contribution in [2.24, 2.45) is 0 Å². The van der Waals surface area contributed by atoms with Crippen LogP contribution in [0.2, 0.25) is 15.1 Å². The number of carbonyl (C=O) groups excluding carboxylic acids is 2. The van der Waals surface area contributed by atoms with E-state index in [0.29, 0.717) is 23.6 Å². The highest BCUT2D eigenvalue weighted by Crippen LogP contribution is 2.33. The molecule has 0 fully saturated rings. The number of hydrogen-bond acceptors (Lipinski definition) is 4. The molecule has 230 valence electrons. The van der Waals surface area contributed by atoms with E-state index >= 15 is 0 Å². The van der Waals surface area contributed by atoms with Crippen LogP contribution >= 0.6 is 34.8 Å². The normalized spacial score (nSPS) is 11.9. The van der Waals surface area contributed by atoms with Gasteiger partial charge in [0.2, 0.25) is 11.8 Å². The third kappa shape index (κ3) is 8.33. The van der Waals surface area contributed by atoms with Crippen LogP contribution in [0.3, 0.4) is 0 Å². The summed E-state index contributed by atoms with van der Waals surface area (Å²) >= 11 is 19.3. The summed E-state index contributed by atoms with van der Waals surface area (Å²) in [6.45, 7) is 1.64. The van der Waals surface area contributed by atoms with Crippen LogP contribution in [0.15, 0.2) is 108 Å². The van der Waals surface area contributed by atoms with E-state index in [9.17, 15) is 18.0 Å². The number of carbonyl (C=O) groups is 2. The second-order valence-electron chi connectivity index (χ2n) is 10.0. The third-order valence-electron chi connectivity index (χ3n) is 6.91. The molecule has 1 N–H and O–H groups in total. The fourth-order valence-corrected chi connectivity index (χ4v) is 6.72. The Labute approximate surface area is 273 Å². The number of anilines is 1. The molecule has 0 radical (unpaired) electrons. The first kappa shape index (κ1) is 33.3. The summed E-state index contributed by atoms with van der Waals surface area (Å²) in [5, 5.41) is 3.64. The molecule has 0 aliphatic heterocycles. The number of halogens is 3. The maximum Gasteiger partial charge on any atom is 0.264 e. The molecular weight excluding hydrogens is 641 g/mol. The molecule has 44 heavy (non-hydrogen) atoms. The van der Waals surface area contributed by atoms with Gasteiger partial charge in [0.05, 0.1) is 15.6 Å². The standard InChI is InChI=1S/C33H32Cl3N3O4S/c1-2-19-37-33(41)31(20-24-11-5-3-6-12-24)38(22-25-13-9-10-16-28(25)35)32(40)23-39(30-21-26(34)17-18-29(30)36)44(42,43)27-14-7-4-8-15-27/h3-18,21,31H,2,19-20,22-23H2,1H3,(H,37,41)/t31-/m0/s1. The van der Waals surface area contributed by atoms with Crippen LogP contribution in [0.25, 0.3) is 0 Å². The van der Waals surface area contributed by atoms with Crippen molar-refractivity contribution in [1.29, 1.82) is 0 Å². The number of nitrogens with one attached hydrogen (secondary N) is 1. The van der Waals surface area contributed by atoms with Crippen LogP contribution in [0.1, 0.15) is 24.5 Å².